The van der Waals surface area contributed by atoms with Gasteiger partial charge in [0, 0.05) is 18.5 Å². The van der Waals surface area contributed by atoms with Crippen molar-refractivity contribution in [2.45, 2.75) is 32.7 Å². The first-order valence-corrected chi connectivity index (χ1v) is 14.1. The Morgan fingerprint density at radius 3 is 2.46 bits per heavy atom. The van der Waals surface area contributed by atoms with Gasteiger partial charge in [0.25, 0.3) is 5.91 Å². The fourth-order valence-electron chi connectivity index (χ4n) is 4.41. The van der Waals surface area contributed by atoms with E-state index in [-0.39, 0.29) is 0 Å². The van der Waals surface area contributed by atoms with E-state index in [0.29, 0.717) is 17.8 Å². The van der Waals surface area contributed by atoms with Gasteiger partial charge < -0.3 is 9.12 Å². The van der Waals surface area contributed by atoms with Gasteiger partial charge in [-0.15, -0.1) is 11.3 Å². The molecule has 2 aromatic heterocycles. The van der Waals surface area contributed by atoms with Crippen LogP contribution in [-0.4, -0.2) is 24.2 Å². The number of thiophene rings is 1. The molecule has 0 saturated heterocycles. The molecule has 37 heavy (non-hydrogen) atoms. The number of aromatic nitrogens is 2. The summed E-state index contributed by atoms with van der Waals surface area (Å²) in [4.78, 5) is 18.6. The molecule has 0 N–H and O–H groups in total. The normalized spacial score (nSPS) is 12.1. The summed E-state index contributed by atoms with van der Waals surface area (Å²) >= 11 is -1.36. The summed E-state index contributed by atoms with van der Waals surface area (Å²) in [6.45, 7) is 2.88. The number of hydrogen-bond donors (Lipinski definition) is 0. The lowest BCUT2D eigenvalue weighted by Crippen LogP contribution is -2.32. The van der Waals surface area contributed by atoms with Gasteiger partial charge in [0.05, 0.1) is 32.9 Å². The van der Waals surface area contributed by atoms with Gasteiger partial charge in [-0.05, 0) is 53.3 Å². The molecule has 8 heteroatoms. The van der Waals surface area contributed by atoms with Crippen molar-refractivity contribution in [2.24, 2.45) is 0 Å². The summed E-state index contributed by atoms with van der Waals surface area (Å²) in [5.41, 5.74) is 4.75. The second-order valence-corrected chi connectivity index (χ2v) is 10.4. The smallest absolute Gasteiger partial charge is 0.269 e. The lowest BCUT2D eigenvalue weighted by atomic mass is 10.1. The highest BCUT2D eigenvalue weighted by Gasteiger charge is 2.23. The number of benzene rings is 3. The van der Waals surface area contributed by atoms with Crippen LogP contribution in [0.15, 0.2) is 90.3 Å². The standard InChI is InChI=1S/C29H27N3O3S2/c1-2-3-13-27-30-24-11-7-8-12-25(24)31(27)20-21-14-16-22(17-15-21)28-26(18-19-36-28)32(37(34)35)29(33)23-9-5-4-6-10-23/h4-12,14-19H,2-3,13,20H2,1H3,(H,34,35)/p-1. The predicted octanol–water partition coefficient (Wildman–Crippen LogP) is 6.60. The highest BCUT2D eigenvalue weighted by Crippen LogP contribution is 2.37. The van der Waals surface area contributed by atoms with Gasteiger partial charge in [-0.25, -0.2) is 9.29 Å². The molecule has 0 saturated carbocycles. The van der Waals surface area contributed by atoms with E-state index in [4.69, 9.17) is 4.98 Å². The maximum Gasteiger partial charge on any atom is 0.269 e. The molecule has 0 aliphatic heterocycles. The fourth-order valence-corrected chi connectivity index (χ4v) is 5.90. The summed E-state index contributed by atoms with van der Waals surface area (Å²) in [7, 11) is 0. The van der Waals surface area contributed by atoms with Gasteiger partial charge in [0.1, 0.15) is 5.82 Å². The topological polar surface area (TPSA) is 78.3 Å². The fraction of sp³-hybridized carbons (Fsp3) is 0.172. The minimum absolute atomic E-state index is 0.311. The second kappa shape index (κ2) is 11.2. The van der Waals surface area contributed by atoms with Crippen molar-refractivity contribution in [1.82, 2.24) is 9.55 Å². The first-order chi connectivity index (χ1) is 18.1. The van der Waals surface area contributed by atoms with Gasteiger partial charge in [0.15, 0.2) is 0 Å². The third-order valence-corrected chi connectivity index (χ3v) is 7.88. The molecule has 0 fully saturated rings. The molecule has 0 aliphatic carbocycles. The van der Waals surface area contributed by atoms with Crippen molar-refractivity contribution < 1.29 is 13.6 Å². The lowest BCUT2D eigenvalue weighted by Gasteiger charge is -2.24. The zero-order valence-corrected chi connectivity index (χ0v) is 22.0. The average Bonchev–Trinajstić information content (AvgIpc) is 3.53. The Hall–Kier alpha value is -3.59. The largest absolute Gasteiger partial charge is 0.755 e. The van der Waals surface area contributed by atoms with E-state index in [1.54, 1.807) is 41.8 Å². The van der Waals surface area contributed by atoms with Crippen LogP contribution >= 0.6 is 11.3 Å². The Labute approximate surface area is 222 Å². The number of carbonyl (C=O) groups is 1. The molecular weight excluding hydrogens is 502 g/mol. The van der Waals surface area contributed by atoms with Crippen LogP contribution in [0.3, 0.4) is 0 Å². The van der Waals surface area contributed by atoms with Crippen molar-refractivity contribution in [3.05, 3.63) is 107 Å². The van der Waals surface area contributed by atoms with Gasteiger partial charge in [0.2, 0.25) is 0 Å². The van der Waals surface area contributed by atoms with Crippen LogP contribution in [0.4, 0.5) is 5.69 Å². The minimum atomic E-state index is -2.76. The molecule has 3 aromatic carbocycles. The SMILES string of the molecule is CCCCc1nc2ccccc2n1Cc1ccc(-c2sccc2N(C(=O)c2ccccc2)S(=O)[O-])cc1. The number of carbonyl (C=O) groups excluding carboxylic acids is 1. The molecular formula is C29H26N3O3S2-. The first kappa shape index (κ1) is 25.1. The molecule has 5 aromatic rings. The Kier molecular flexibility index (Phi) is 7.60. The summed E-state index contributed by atoms with van der Waals surface area (Å²) in [6, 6.07) is 26.4. The summed E-state index contributed by atoms with van der Waals surface area (Å²) < 4.78 is 27.4. The number of rotatable bonds is 9. The van der Waals surface area contributed by atoms with Crippen molar-refractivity contribution in [3.63, 3.8) is 0 Å². The van der Waals surface area contributed by atoms with E-state index >= 15 is 0 Å². The van der Waals surface area contributed by atoms with Crippen LogP contribution in [0.2, 0.25) is 0 Å². The number of aryl methyl sites for hydroxylation is 1. The van der Waals surface area contributed by atoms with Gasteiger partial charge in [-0.2, -0.15) is 0 Å². The minimum Gasteiger partial charge on any atom is -0.755 e. The molecule has 2 heterocycles. The third-order valence-electron chi connectivity index (χ3n) is 6.26. The number of fused-ring (bicyclic) bond motifs is 1. The zero-order valence-electron chi connectivity index (χ0n) is 20.4. The van der Waals surface area contributed by atoms with E-state index in [2.05, 4.69) is 29.7 Å². The summed E-state index contributed by atoms with van der Waals surface area (Å²) in [5.74, 6) is 0.498. The van der Waals surface area contributed by atoms with Crippen molar-refractivity contribution in [2.75, 3.05) is 4.31 Å². The quantitative estimate of drug-likeness (QED) is 0.202. The molecule has 1 amide bonds. The van der Waals surface area contributed by atoms with E-state index in [9.17, 15) is 13.6 Å². The number of anilines is 1. The maximum atomic E-state index is 13.0. The van der Waals surface area contributed by atoms with Crippen LogP contribution in [0, 0.1) is 0 Å². The molecule has 0 aliphatic rings. The number of amides is 1. The van der Waals surface area contributed by atoms with E-state index in [0.717, 1.165) is 56.4 Å². The monoisotopic (exact) mass is 528 g/mol. The maximum absolute atomic E-state index is 13.0. The first-order valence-electron chi connectivity index (χ1n) is 12.2. The molecule has 188 valence electrons. The number of hydrogen-bond acceptors (Lipinski definition) is 5. The molecule has 6 nitrogen and oxygen atoms in total. The van der Waals surface area contributed by atoms with Crippen LogP contribution < -0.4 is 4.31 Å². The Morgan fingerprint density at radius 2 is 1.73 bits per heavy atom. The Bertz CT molecular complexity index is 1540. The van der Waals surface area contributed by atoms with Crippen LogP contribution in [0.25, 0.3) is 21.5 Å². The zero-order chi connectivity index (χ0) is 25.8. The number of unbranched alkanes of at least 4 members (excludes halogenated alkanes) is 1. The third kappa shape index (κ3) is 5.27. The average molecular weight is 529 g/mol. The van der Waals surface area contributed by atoms with Crippen molar-refractivity contribution >= 4 is 45.2 Å². The van der Waals surface area contributed by atoms with E-state index in [1.165, 1.54) is 11.3 Å². The van der Waals surface area contributed by atoms with Crippen LogP contribution in [0.1, 0.15) is 41.5 Å². The highest BCUT2D eigenvalue weighted by atomic mass is 32.2. The molecule has 1 unspecified atom stereocenters. The molecule has 0 spiro atoms. The molecule has 0 radical (unpaired) electrons. The van der Waals surface area contributed by atoms with Gasteiger partial charge in [-0.3, -0.25) is 9.00 Å². The predicted molar refractivity (Wildman–Crippen MR) is 149 cm³/mol. The Balaban J connectivity index is 1.44. The number of para-hydroxylation sites is 2. The molecule has 5 rings (SSSR count). The summed E-state index contributed by atoms with van der Waals surface area (Å²) in [6.07, 6.45) is 3.13. The van der Waals surface area contributed by atoms with Gasteiger partial charge >= 0.3 is 0 Å². The van der Waals surface area contributed by atoms with Crippen LogP contribution in [-0.2, 0) is 24.2 Å². The van der Waals surface area contributed by atoms with E-state index < -0.39 is 17.2 Å². The van der Waals surface area contributed by atoms with Crippen molar-refractivity contribution in [1.29, 1.82) is 0 Å². The molecule has 0 bridgehead atoms. The van der Waals surface area contributed by atoms with Gasteiger partial charge in [-0.1, -0.05) is 67.9 Å². The lowest BCUT2D eigenvalue weighted by molar-refractivity contribution is 0.100. The van der Waals surface area contributed by atoms with E-state index in [1.807, 2.05) is 30.3 Å². The molecule has 1 atom stereocenters. The van der Waals surface area contributed by atoms with Crippen molar-refractivity contribution in [3.8, 4) is 10.4 Å². The highest BCUT2D eigenvalue weighted by molar-refractivity contribution is 7.81. The number of imidazole rings is 1. The Morgan fingerprint density at radius 1 is 1.00 bits per heavy atom. The number of nitrogens with zero attached hydrogens (tertiary/aromatic N) is 3. The summed E-state index contributed by atoms with van der Waals surface area (Å²) in [5, 5.41) is 1.80. The second-order valence-electron chi connectivity index (χ2n) is 8.72. The van der Waals surface area contributed by atoms with Crippen LogP contribution in [0.5, 0.6) is 0 Å².